The highest BCUT2D eigenvalue weighted by molar-refractivity contribution is 7.47. The number of hydrogen-bond acceptors (Lipinski definition) is 6. The fourth-order valence-corrected chi connectivity index (χ4v) is 7.50. The molecule has 338 valence electrons. The minimum absolute atomic E-state index is 0.0905. The molecule has 0 aromatic rings. The van der Waals surface area contributed by atoms with E-state index >= 15 is 0 Å². The van der Waals surface area contributed by atoms with Gasteiger partial charge < -0.3 is 18.9 Å². The number of carbonyl (C=O) groups excluding carboxylic acids is 1. The van der Waals surface area contributed by atoms with Crippen LogP contribution in [0.5, 0.6) is 0 Å². The molecule has 0 heterocycles. The lowest BCUT2D eigenvalue weighted by molar-refractivity contribution is -0.870. The summed E-state index contributed by atoms with van der Waals surface area (Å²) in [4.78, 5) is 22.9. The first-order chi connectivity index (χ1) is 27.6. The zero-order valence-electron chi connectivity index (χ0n) is 38.3. The number of quaternary nitrogens is 1. The average molecular weight is 829 g/mol. The molecule has 0 rings (SSSR count). The summed E-state index contributed by atoms with van der Waals surface area (Å²) >= 11 is 0. The molecule has 0 saturated carbocycles. The van der Waals surface area contributed by atoms with E-state index < -0.39 is 13.9 Å². The van der Waals surface area contributed by atoms with Crippen LogP contribution >= 0.6 is 7.82 Å². The fraction of sp³-hybridized carbons (Fsp3) is 0.896. The predicted molar refractivity (Wildman–Crippen MR) is 243 cm³/mol. The van der Waals surface area contributed by atoms with E-state index in [9.17, 15) is 14.3 Å². The topological polar surface area (TPSA) is 91.3 Å². The minimum Gasteiger partial charge on any atom is -0.457 e. The molecule has 0 amide bonds. The summed E-state index contributed by atoms with van der Waals surface area (Å²) in [6.45, 7) is 5.64. The fourth-order valence-electron chi connectivity index (χ4n) is 6.76. The first kappa shape index (κ1) is 56.0. The maximum atomic E-state index is 12.7. The van der Waals surface area contributed by atoms with Gasteiger partial charge in [-0.05, 0) is 44.9 Å². The smallest absolute Gasteiger partial charge is 0.457 e. The van der Waals surface area contributed by atoms with E-state index in [1.54, 1.807) is 0 Å². The van der Waals surface area contributed by atoms with E-state index in [0.717, 1.165) is 38.5 Å². The molecular formula is C48H95NO7P+. The van der Waals surface area contributed by atoms with E-state index in [1.165, 1.54) is 161 Å². The number of unbranched alkanes of at least 4 members (excludes halogenated alkanes) is 27. The molecule has 0 bridgehead atoms. The molecule has 57 heavy (non-hydrogen) atoms. The Hall–Kier alpha value is -1.02. The number of carbonyl (C=O) groups is 1. The number of ether oxygens (including phenoxy) is 2. The molecule has 1 N–H and O–H groups in total. The van der Waals surface area contributed by atoms with Gasteiger partial charge in [-0.3, -0.25) is 13.8 Å². The molecule has 0 radical (unpaired) electrons. The SMILES string of the molecule is CCCCCCC/C=C\C/C=C\CCCCCCCCCCCCCC(=O)OC(COCCCCCCCCCCCCCC)COP(=O)(O)OCC[N+](C)(C)C. The maximum absolute atomic E-state index is 12.7. The highest BCUT2D eigenvalue weighted by Gasteiger charge is 2.26. The van der Waals surface area contributed by atoms with Crippen molar-refractivity contribution in [2.75, 3.05) is 54.1 Å². The highest BCUT2D eigenvalue weighted by Crippen LogP contribution is 2.43. The first-order valence-electron chi connectivity index (χ1n) is 24.1. The van der Waals surface area contributed by atoms with Crippen LogP contribution in [0.3, 0.4) is 0 Å². The third-order valence-corrected chi connectivity index (χ3v) is 11.5. The molecule has 2 atom stereocenters. The van der Waals surface area contributed by atoms with Gasteiger partial charge in [-0.25, -0.2) is 4.57 Å². The van der Waals surface area contributed by atoms with Crippen LogP contribution in [0.25, 0.3) is 0 Å². The summed E-state index contributed by atoms with van der Waals surface area (Å²) in [6.07, 6.45) is 47.8. The lowest BCUT2D eigenvalue weighted by Gasteiger charge is -2.24. The standard InChI is InChI=1S/C48H94NO7P/c1-6-8-10-12-14-16-18-20-21-22-23-24-25-26-27-28-29-30-31-33-35-37-39-41-48(50)56-47(46-55-57(51,52)54-44-42-49(3,4)5)45-53-43-40-38-36-34-32-19-17-15-13-11-9-7-2/h18,20,22-23,47H,6-17,19,21,24-46H2,1-5H3/p+1/b20-18-,23-22-. The molecular weight excluding hydrogens is 734 g/mol. The van der Waals surface area contributed by atoms with Crippen molar-refractivity contribution in [2.24, 2.45) is 0 Å². The summed E-state index contributed by atoms with van der Waals surface area (Å²) in [6, 6.07) is 0. The number of rotatable bonds is 45. The van der Waals surface area contributed by atoms with E-state index in [0.29, 0.717) is 24.1 Å². The second-order valence-electron chi connectivity index (χ2n) is 17.5. The maximum Gasteiger partial charge on any atom is 0.472 e. The number of likely N-dealkylation sites (N-methyl/N-ethyl adjacent to an activating group) is 1. The van der Waals surface area contributed by atoms with Gasteiger partial charge in [0.1, 0.15) is 19.3 Å². The molecule has 0 aromatic heterocycles. The van der Waals surface area contributed by atoms with E-state index in [1.807, 2.05) is 21.1 Å². The van der Waals surface area contributed by atoms with Gasteiger partial charge >= 0.3 is 13.8 Å². The normalized spacial score (nSPS) is 13.9. The van der Waals surface area contributed by atoms with Crippen molar-refractivity contribution >= 4 is 13.8 Å². The van der Waals surface area contributed by atoms with Crippen LogP contribution in [0.2, 0.25) is 0 Å². The van der Waals surface area contributed by atoms with Crippen LogP contribution in [0, 0.1) is 0 Å². The molecule has 0 aliphatic rings. The average Bonchev–Trinajstić information content (AvgIpc) is 3.16. The third-order valence-electron chi connectivity index (χ3n) is 10.5. The van der Waals surface area contributed by atoms with Crippen molar-refractivity contribution in [1.82, 2.24) is 0 Å². The van der Waals surface area contributed by atoms with Crippen molar-refractivity contribution in [1.29, 1.82) is 0 Å². The van der Waals surface area contributed by atoms with Gasteiger partial charge in [0.05, 0.1) is 34.4 Å². The van der Waals surface area contributed by atoms with Crippen LogP contribution in [-0.2, 0) is 27.9 Å². The second-order valence-corrected chi connectivity index (χ2v) is 19.0. The van der Waals surface area contributed by atoms with Crippen LogP contribution in [0.4, 0.5) is 0 Å². The van der Waals surface area contributed by atoms with Gasteiger partial charge in [0.2, 0.25) is 0 Å². The van der Waals surface area contributed by atoms with Gasteiger partial charge in [0, 0.05) is 13.0 Å². The number of allylic oxidation sites excluding steroid dienone is 4. The van der Waals surface area contributed by atoms with Crippen LogP contribution in [-0.4, -0.2) is 75.6 Å². The molecule has 8 nitrogen and oxygen atoms in total. The largest absolute Gasteiger partial charge is 0.472 e. The summed E-state index contributed by atoms with van der Waals surface area (Å²) < 4.78 is 35.0. The van der Waals surface area contributed by atoms with Crippen LogP contribution in [0.1, 0.15) is 219 Å². The quantitative estimate of drug-likeness (QED) is 0.0215. The van der Waals surface area contributed by atoms with E-state index in [4.69, 9.17) is 18.5 Å². The Bertz CT molecular complexity index is 967. The van der Waals surface area contributed by atoms with Gasteiger partial charge in [-0.2, -0.15) is 0 Å². The lowest BCUT2D eigenvalue weighted by atomic mass is 10.0. The molecule has 0 aromatic carbocycles. The van der Waals surface area contributed by atoms with Crippen molar-refractivity contribution in [2.45, 2.75) is 225 Å². The molecule has 0 saturated heterocycles. The number of phosphoric acid groups is 1. The van der Waals surface area contributed by atoms with Gasteiger partial charge in [-0.1, -0.05) is 192 Å². The Balaban J connectivity index is 4.10. The molecule has 0 aliphatic carbocycles. The number of esters is 1. The monoisotopic (exact) mass is 829 g/mol. The van der Waals surface area contributed by atoms with Gasteiger partial charge in [0.25, 0.3) is 0 Å². The first-order valence-corrected chi connectivity index (χ1v) is 25.6. The van der Waals surface area contributed by atoms with E-state index in [-0.39, 0.29) is 25.8 Å². The Labute approximate surface area is 353 Å². The predicted octanol–water partition coefficient (Wildman–Crippen LogP) is 14.4. The highest BCUT2D eigenvalue weighted by atomic mass is 31.2. The molecule has 2 unspecified atom stereocenters. The van der Waals surface area contributed by atoms with Gasteiger partial charge in [0.15, 0.2) is 0 Å². The molecule has 0 spiro atoms. The zero-order chi connectivity index (χ0) is 42.0. The molecule has 0 aliphatic heterocycles. The van der Waals surface area contributed by atoms with Crippen molar-refractivity contribution < 1.29 is 37.3 Å². The Kier molecular flexibility index (Phi) is 41.0. The molecule has 9 heteroatoms. The lowest BCUT2D eigenvalue weighted by Crippen LogP contribution is -2.37. The van der Waals surface area contributed by atoms with Crippen LogP contribution < -0.4 is 0 Å². The van der Waals surface area contributed by atoms with Crippen molar-refractivity contribution in [3.8, 4) is 0 Å². The summed E-state index contributed by atoms with van der Waals surface area (Å²) in [5.41, 5.74) is 0. The van der Waals surface area contributed by atoms with Gasteiger partial charge in [-0.15, -0.1) is 0 Å². The minimum atomic E-state index is -4.27. The number of hydrogen-bond donors (Lipinski definition) is 1. The number of phosphoric ester groups is 1. The summed E-state index contributed by atoms with van der Waals surface area (Å²) in [7, 11) is 1.68. The molecule has 0 fully saturated rings. The number of nitrogens with zero attached hydrogens (tertiary/aromatic N) is 1. The Morgan fingerprint density at radius 2 is 0.965 bits per heavy atom. The summed E-state index contributed by atoms with van der Waals surface area (Å²) in [5, 5.41) is 0. The summed E-state index contributed by atoms with van der Waals surface area (Å²) in [5.74, 6) is -0.313. The Morgan fingerprint density at radius 1 is 0.544 bits per heavy atom. The Morgan fingerprint density at radius 3 is 1.42 bits per heavy atom. The third kappa shape index (κ3) is 45.9. The second kappa shape index (κ2) is 41.7. The van der Waals surface area contributed by atoms with Crippen LogP contribution in [0.15, 0.2) is 24.3 Å². The van der Waals surface area contributed by atoms with Crippen molar-refractivity contribution in [3.63, 3.8) is 0 Å². The van der Waals surface area contributed by atoms with E-state index in [2.05, 4.69) is 38.2 Å². The van der Waals surface area contributed by atoms with Crippen molar-refractivity contribution in [3.05, 3.63) is 24.3 Å². The zero-order valence-corrected chi connectivity index (χ0v) is 39.2.